The summed E-state index contributed by atoms with van der Waals surface area (Å²) in [6.07, 6.45) is 1.52. The van der Waals surface area contributed by atoms with Gasteiger partial charge in [-0.15, -0.1) is 0 Å². The molecule has 0 unspecified atom stereocenters. The predicted octanol–water partition coefficient (Wildman–Crippen LogP) is 3.85. The molecule has 0 atom stereocenters. The van der Waals surface area contributed by atoms with Gasteiger partial charge < -0.3 is 4.74 Å². The molecule has 2 aromatic carbocycles. The molecule has 0 saturated carbocycles. The van der Waals surface area contributed by atoms with Crippen molar-refractivity contribution in [3.8, 4) is 28.3 Å². The standard InChI is InChI=1S/C17H17N3O/c1-3-21-16-6-4-5-13(10-16)14-7-12(2)8-15(9-14)17-18-11-19-20-17/h4-11H,3H2,1-2H3,(H,18,19,20). The van der Waals surface area contributed by atoms with Crippen LogP contribution in [0.2, 0.25) is 0 Å². The van der Waals surface area contributed by atoms with E-state index in [1.54, 1.807) is 0 Å². The third-order valence-corrected chi connectivity index (χ3v) is 3.24. The molecule has 0 aliphatic rings. The van der Waals surface area contributed by atoms with Gasteiger partial charge in [-0.2, -0.15) is 5.10 Å². The number of aromatic nitrogens is 3. The van der Waals surface area contributed by atoms with Crippen LogP contribution in [0.3, 0.4) is 0 Å². The quantitative estimate of drug-likeness (QED) is 0.789. The Hall–Kier alpha value is -2.62. The highest BCUT2D eigenvalue weighted by Gasteiger charge is 2.06. The van der Waals surface area contributed by atoms with Gasteiger partial charge in [-0.1, -0.05) is 18.2 Å². The van der Waals surface area contributed by atoms with Gasteiger partial charge in [0.25, 0.3) is 0 Å². The molecule has 0 spiro atoms. The minimum absolute atomic E-state index is 0.667. The van der Waals surface area contributed by atoms with Crippen molar-refractivity contribution < 1.29 is 4.74 Å². The first-order valence-electron chi connectivity index (χ1n) is 6.97. The number of aromatic amines is 1. The van der Waals surface area contributed by atoms with Crippen LogP contribution in [0.5, 0.6) is 5.75 Å². The van der Waals surface area contributed by atoms with E-state index in [0.717, 1.165) is 28.3 Å². The molecular formula is C17H17N3O. The summed E-state index contributed by atoms with van der Waals surface area (Å²) >= 11 is 0. The zero-order chi connectivity index (χ0) is 14.7. The van der Waals surface area contributed by atoms with E-state index in [1.807, 2.05) is 19.1 Å². The molecule has 0 saturated heterocycles. The fourth-order valence-electron chi connectivity index (χ4n) is 2.36. The summed E-state index contributed by atoms with van der Waals surface area (Å²) < 4.78 is 5.57. The number of H-pyrrole nitrogens is 1. The Morgan fingerprint density at radius 3 is 2.67 bits per heavy atom. The van der Waals surface area contributed by atoms with Gasteiger partial charge in [-0.25, -0.2) is 4.98 Å². The van der Waals surface area contributed by atoms with E-state index in [-0.39, 0.29) is 0 Å². The Balaban J connectivity index is 2.04. The van der Waals surface area contributed by atoms with Gasteiger partial charge in [0.1, 0.15) is 12.1 Å². The normalized spacial score (nSPS) is 10.6. The van der Waals surface area contributed by atoms with Crippen LogP contribution in [0, 0.1) is 6.92 Å². The van der Waals surface area contributed by atoms with Crippen LogP contribution in [0.25, 0.3) is 22.5 Å². The third kappa shape index (κ3) is 2.94. The van der Waals surface area contributed by atoms with Crippen LogP contribution < -0.4 is 4.74 Å². The fourth-order valence-corrected chi connectivity index (χ4v) is 2.36. The number of nitrogens with zero attached hydrogens (tertiary/aromatic N) is 2. The van der Waals surface area contributed by atoms with Crippen LogP contribution >= 0.6 is 0 Å². The molecule has 1 N–H and O–H groups in total. The van der Waals surface area contributed by atoms with Crippen molar-refractivity contribution in [2.45, 2.75) is 13.8 Å². The number of aryl methyl sites for hydroxylation is 1. The average molecular weight is 279 g/mol. The van der Waals surface area contributed by atoms with Crippen molar-refractivity contribution in [3.63, 3.8) is 0 Å². The number of hydrogen-bond donors (Lipinski definition) is 1. The van der Waals surface area contributed by atoms with Gasteiger partial charge in [-0.3, -0.25) is 5.10 Å². The summed E-state index contributed by atoms with van der Waals surface area (Å²) in [5, 5.41) is 6.82. The van der Waals surface area contributed by atoms with Gasteiger partial charge in [0.2, 0.25) is 0 Å². The first-order valence-corrected chi connectivity index (χ1v) is 6.97. The molecule has 0 aliphatic carbocycles. The topological polar surface area (TPSA) is 50.8 Å². The maximum absolute atomic E-state index is 5.57. The molecule has 0 radical (unpaired) electrons. The Morgan fingerprint density at radius 2 is 1.90 bits per heavy atom. The number of ether oxygens (including phenoxy) is 1. The van der Waals surface area contributed by atoms with E-state index >= 15 is 0 Å². The maximum atomic E-state index is 5.57. The van der Waals surface area contributed by atoms with Crippen molar-refractivity contribution in [1.29, 1.82) is 0 Å². The highest BCUT2D eigenvalue weighted by Crippen LogP contribution is 2.28. The van der Waals surface area contributed by atoms with Crippen LogP contribution in [0.4, 0.5) is 0 Å². The SMILES string of the molecule is CCOc1cccc(-c2cc(C)cc(-c3ncn[nH]3)c2)c1. The fraction of sp³-hybridized carbons (Fsp3) is 0.176. The lowest BCUT2D eigenvalue weighted by Crippen LogP contribution is -1.91. The highest BCUT2D eigenvalue weighted by molar-refractivity contribution is 5.72. The second kappa shape index (κ2) is 5.79. The largest absolute Gasteiger partial charge is 0.494 e. The lowest BCUT2D eigenvalue weighted by molar-refractivity contribution is 0.340. The number of nitrogens with one attached hydrogen (secondary N) is 1. The Kier molecular flexibility index (Phi) is 3.69. The lowest BCUT2D eigenvalue weighted by atomic mass is 10.00. The molecule has 1 heterocycles. The van der Waals surface area contributed by atoms with E-state index in [9.17, 15) is 0 Å². The molecule has 0 bridgehead atoms. The van der Waals surface area contributed by atoms with Gasteiger partial charge in [0.15, 0.2) is 5.82 Å². The molecule has 4 heteroatoms. The van der Waals surface area contributed by atoms with Crippen molar-refractivity contribution in [3.05, 3.63) is 54.4 Å². The Morgan fingerprint density at radius 1 is 1.05 bits per heavy atom. The van der Waals surface area contributed by atoms with Gasteiger partial charge in [0, 0.05) is 5.56 Å². The van der Waals surface area contributed by atoms with Crippen LogP contribution in [-0.4, -0.2) is 21.8 Å². The summed E-state index contributed by atoms with van der Waals surface area (Å²) in [4.78, 5) is 4.22. The summed E-state index contributed by atoms with van der Waals surface area (Å²) in [6, 6.07) is 14.5. The molecule has 106 valence electrons. The summed E-state index contributed by atoms with van der Waals surface area (Å²) in [6.45, 7) is 4.73. The molecule has 4 nitrogen and oxygen atoms in total. The molecule has 0 aliphatic heterocycles. The average Bonchev–Trinajstić information content (AvgIpc) is 3.01. The zero-order valence-corrected chi connectivity index (χ0v) is 12.1. The van der Waals surface area contributed by atoms with E-state index < -0.39 is 0 Å². The highest BCUT2D eigenvalue weighted by atomic mass is 16.5. The lowest BCUT2D eigenvalue weighted by Gasteiger charge is -2.09. The number of benzene rings is 2. The van der Waals surface area contributed by atoms with Crippen LogP contribution in [-0.2, 0) is 0 Å². The van der Waals surface area contributed by atoms with E-state index in [4.69, 9.17) is 4.74 Å². The minimum Gasteiger partial charge on any atom is -0.494 e. The molecule has 0 fully saturated rings. The monoisotopic (exact) mass is 279 g/mol. The summed E-state index contributed by atoms with van der Waals surface area (Å²) in [5.41, 5.74) is 4.48. The molecule has 0 amide bonds. The first kappa shape index (κ1) is 13.4. The van der Waals surface area contributed by atoms with Crippen molar-refractivity contribution >= 4 is 0 Å². The van der Waals surface area contributed by atoms with Crippen molar-refractivity contribution in [2.24, 2.45) is 0 Å². The Labute approximate surface area is 123 Å². The predicted molar refractivity (Wildman–Crippen MR) is 83.2 cm³/mol. The van der Waals surface area contributed by atoms with Crippen LogP contribution in [0.15, 0.2) is 48.8 Å². The third-order valence-electron chi connectivity index (χ3n) is 3.24. The molecule has 3 aromatic rings. The van der Waals surface area contributed by atoms with Crippen molar-refractivity contribution in [1.82, 2.24) is 15.2 Å². The molecule has 21 heavy (non-hydrogen) atoms. The summed E-state index contributed by atoms with van der Waals surface area (Å²) in [7, 11) is 0. The second-order valence-corrected chi connectivity index (χ2v) is 4.88. The second-order valence-electron chi connectivity index (χ2n) is 4.88. The van der Waals surface area contributed by atoms with Gasteiger partial charge in [-0.05, 0) is 54.8 Å². The smallest absolute Gasteiger partial charge is 0.155 e. The molecular weight excluding hydrogens is 262 g/mol. The van der Waals surface area contributed by atoms with Crippen molar-refractivity contribution in [2.75, 3.05) is 6.61 Å². The van der Waals surface area contributed by atoms with Gasteiger partial charge >= 0.3 is 0 Å². The van der Waals surface area contributed by atoms with E-state index in [1.165, 1.54) is 11.9 Å². The number of rotatable bonds is 4. The Bertz CT molecular complexity index is 736. The zero-order valence-electron chi connectivity index (χ0n) is 12.1. The van der Waals surface area contributed by atoms with Crippen LogP contribution in [0.1, 0.15) is 12.5 Å². The first-order chi connectivity index (χ1) is 10.3. The minimum atomic E-state index is 0.667. The summed E-state index contributed by atoms with van der Waals surface area (Å²) in [5.74, 6) is 1.67. The van der Waals surface area contributed by atoms with E-state index in [2.05, 4.69) is 52.4 Å². The number of hydrogen-bond acceptors (Lipinski definition) is 3. The van der Waals surface area contributed by atoms with E-state index in [0.29, 0.717) is 6.61 Å². The van der Waals surface area contributed by atoms with Gasteiger partial charge in [0.05, 0.1) is 6.61 Å². The molecule has 1 aromatic heterocycles. The maximum Gasteiger partial charge on any atom is 0.155 e. The molecule has 3 rings (SSSR count).